The molecule has 0 amide bonds. The van der Waals surface area contributed by atoms with Gasteiger partial charge in [0.15, 0.2) is 0 Å². The normalized spacial score (nSPS) is 10.0. The third-order valence-corrected chi connectivity index (χ3v) is 1.90. The first-order valence-electron chi connectivity index (χ1n) is 7.23. The van der Waals surface area contributed by atoms with Crippen LogP contribution in [0.25, 0.3) is 0 Å². The van der Waals surface area contributed by atoms with Crippen LogP contribution in [0.3, 0.4) is 0 Å². The molecule has 0 aromatic carbocycles. The van der Waals surface area contributed by atoms with E-state index in [1.165, 1.54) is 0 Å². The minimum Gasteiger partial charge on any atom is -0.481 e. The van der Waals surface area contributed by atoms with Crippen LogP contribution in [-0.4, -0.2) is 77.1 Å². The average Bonchev–Trinajstić information content (AvgIpc) is 2.43. The van der Waals surface area contributed by atoms with Gasteiger partial charge in [0.2, 0.25) is 0 Å². The summed E-state index contributed by atoms with van der Waals surface area (Å²) in [7, 11) is 0. The summed E-state index contributed by atoms with van der Waals surface area (Å²) in [5, 5.41) is 7.42. The van der Waals surface area contributed by atoms with E-state index in [1.54, 1.807) is 0 Å². The molecule has 0 atom stereocenters. The molecule has 128 valence electrons. The second kappa shape index (κ2) is 21.6. The molecule has 0 saturated carbocycles. The van der Waals surface area contributed by atoms with Crippen LogP contribution in [-0.2, 0) is 28.5 Å². The van der Waals surface area contributed by atoms with Crippen molar-refractivity contribution in [2.24, 2.45) is 0 Å². The Hall–Kier alpha value is -0.730. The summed E-state index contributed by atoms with van der Waals surface area (Å²) in [4.78, 5) is 9.00. The van der Waals surface area contributed by atoms with Gasteiger partial charge in [0.05, 0.1) is 52.9 Å². The summed E-state index contributed by atoms with van der Waals surface area (Å²) in [5.74, 6) is -0.833. The zero-order valence-corrected chi connectivity index (χ0v) is 13.5. The summed E-state index contributed by atoms with van der Waals surface area (Å²) >= 11 is 0. The topological polar surface area (TPSA) is 83.5 Å². The Kier molecular flexibility index (Phi) is 23.2. The predicted molar refractivity (Wildman–Crippen MR) is 78.8 cm³/mol. The number of aliphatic carboxylic acids is 1. The number of hydrogen-bond acceptors (Lipinski definition) is 6. The smallest absolute Gasteiger partial charge is 0.300 e. The lowest BCUT2D eigenvalue weighted by Crippen LogP contribution is -2.13. The third-order valence-electron chi connectivity index (χ3n) is 1.90. The molecule has 0 spiro atoms. The number of hydrogen-bond donors (Lipinski definition) is 1. The molecular formula is C14H30O7. The molecule has 7 heteroatoms. The van der Waals surface area contributed by atoms with Crippen molar-refractivity contribution in [3.05, 3.63) is 0 Å². The molecule has 1 N–H and O–H groups in total. The molecule has 0 heterocycles. The van der Waals surface area contributed by atoms with Gasteiger partial charge in [-0.3, -0.25) is 4.79 Å². The van der Waals surface area contributed by atoms with E-state index in [2.05, 4.69) is 0 Å². The van der Waals surface area contributed by atoms with Crippen molar-refractivity contribution in [3.63, 3.8) is 0 Å². The van der Waals surface area contributed by atoms with E-state index in [-0.39, 0.29) is 0 Å². The number of carbonyl (C=O) groups is 1. The Balaban J connectivity index is 0. The predicted octanol–water partition coefficient (Wildman–Crippen LogP) is 1.20. The molecule has 0 aliphatic heterocycles. The Morgan fingerprint density at radius 2 is 0.857 bits per heavy atom. The number of carboxylic acids is 1. The molecule has 0 saturated heterocycles. The highest BCUT2D eigenvalue weighted by molar-refractivity contribution is 5.62. The lowest BCUT2D eigenvalue weighted by molar-refractivity contribution is -0.134. The van der Waals surface area contributed by atoms with Crippen molar-refractivity contribution in [3.8, 4) is 0 Å². The summed E-state index contributed by atoms with van der Waals surface area (Å²) in [6.07, 6.45) is 0. The quantitative estimate of drug-likeness (QED) is 0.483. The van der Waals surface area contributed by atoms with Crippen LogP contribution < -0.4 is 0 Å². The molecule has 0 bridgehead atoms. The van der Waals surface area contributed by atoms with Gasteiger partial charge in [-0.2, -0.15) is 0 Å². The Labute approximate surface area is 127 Å². The van der Waals surface area contributed by atoms with Crippen LogP contribution in [0.2, 0.25) is 0 Å². The molecule has 0 aliphatic carbocycles. The van der Waals surface area contributed by atoms with Gasteiger partial charge in [-0.1, -0.05) is 0 Å². The van der Waals surface area contributed by atoms with Gasteiger partial charge >= 0.3 is 0 Å². The van der Waals surface area contributed by atoms with Crippen LogP contribution in [0.1, 0.15) is 20.8 Å². The first kappa shape index (κ1) is 22.5. The molecule has 0 radical (unpaired) electrons. The van der Waals surface area contributed by atoms with Gasteiger partial charge < -0.3 is 28.8 Å². The minimum absolute atomic E-state index is 0.598. The molecule has 0 aliphatic rings. The van der Waals surface area contributed by atoms with Gasteiger partial charge in [-0.05, 0) is 13.8 Å². The second-order valence-electron chi connectivity index (χ2n) is 3.75. The van der Waals surface area contributed by atoms with Crippen molar-refractivity contribution < 1.29 is 33.6 Å². The van der Waals surface area contributed by atoms with Crippen LogP contribution >= 0.6 is 0 Å². The number of ether oxygens (including phenoxy) is 5. The number of rotatable bonds is 14. The van der Waals surface area contributed by atoms with Gasteiger partial charge in [-0.25, -0.2) is 0 Å². The molecule has 0 aromatic rings. The summed E-state index contributed by atoms with van der Waals surface area (Å²) in [6, 6.07) is 0. The molecule has 0 rings (SSSR count). The zero-order chi connectivity index (χ0) is 16.2. The van der Waals surface area contributed by atoms with Crippen LogP contribution in [0.5, 0.6) is 0 Å². The lowest BCUT2D eigenvalue weighted by Gasteiger charge is -2.06. The van der Waals surface area contributed by atoms with Gasteiger partial charge in [-0.15, -0.1) is 0 Å². The maximum absolute atomic E-state index is 9.00. The van der Waals surface area contributed by atoms with Crippen molar-refractivity contribution in [2.45, 2.75) is 20.8 Å². The fraction of sp³-hybridized carbons (Fsp3) is 0.929. The number of carboxylic acid groups (broad SMARTS) is 1. The summed E-state index contributed by atoms with van der Waals surface area (Å²) in [5.41, 5.74) is 0. The molecule has 7 nitrogen and oxygen atoms in total. The third kappa shape index (κ3) is 32.6. The highest BCUT2D eigenvalue weighted by Crippen LogP contribution is 1.83. The van der Waals surface area contributed by atoms with Crippen molar-refractivity contribution in [1.82, 2.24) is 0 Å². The first-order chi connectivity index (χ1) is 10.1. The van der Waals surface area contributed by atoms with E-state index in [0.717, 1.165) is 20.1 Å². The van der Waals surface area contributed by atoms with E-state index in [9.17, 15) is 0 Å². The fourth-order valence-electron chi connectivity index (χ4n) is 1.07. The van der Waals surface area contributed by atoms with Crippen molar-refractivity contribution in [1.29, 1.82) is 0 Å². The summed E-state index contributed by atoms with van der Waals surface area (Å²) < 4.78 is 26.1. The monoisotopic (exact) mass is 310 g/mol. The van der Waals surface area contributed by atoms with Gasteiger partial charge in [0.25, 0.3) is 5.97 Å². The largest absolute Gasteiger partial charge is 0.481 e. The Morgan fingerprint density at radius 1 is 0.667 bits per heavy atom. The molecule has 21 heavy (non-hydrogen) atoms. The highest BCUT2D eigenvalue weighted by Gasteiger charge is 1.92. The van der Waals surface area contributed by atoms with Crippen molar-refractivity contribution >= 4 is 5.97 Å². The lowest BCUT2D eigenvalue weighted by atomic mass is 10.7. The fourth-order valence-corrected chi connectivity index (χ4v) is 1.07. The SMILES string of the molecule is CC(=O)O.CCOCCOCCOCCOCCOCC. The van der Waals surface area contributed by atoms with Crippen LogP contribution in [0.4, 0.5) is 0 Å². The second-order valence-corrected chi connectivity index (χ2v) is 3.75. The minimum atomic E-state index is -0.833. The molecular weight excluding hydrogens is 280 g/mol. The summed E-state index contributed by atoms with van der Waals surface area (Å²) in [6.45, 7) is 11.4. The van der Waals surface area contributed by atoms with Crippen molar-refractivity contribution in [2.75, 3.05) is 66.1 Å². The van der Waals surface area contributed by atoms with E-state index in [0.29, 0.717) is 52.9 Å². The average molecular weight is 310 g/mol. The molecule has 0 fully saturated rings. The maximum Gasteiger partial charge on any atom is 0.300 e. The zero-order valence-electron chi connectivity index (χ0n) is 13.5. The van der Waals surface area contributed by atoms with Crippen LogP contribution in [0.15, 0.2) is 0 Å². The first-order valence-corrected chi connectivity index (χ1v) is 7.23. The Bertz CT molecular complexity index is 182. The molecule has 0 aromatic heterocycles. The maximum atomic E-state index is 9.00. The molecule has 0 unspecified atom stereocenters. The highest BCUT2D eigenvalue weighted by atomic mass is 16.6. The van der Waals surface area contributed by atoms with Gasteiger partial charge in [0.1, 0.15) is 0 Å². The Morgan fingerprint density at radius 3 is 1.05 bits per heavy atom. The van der Waals surface area contributed by atoms with E-state index < -0.39 is 5.97 Å². The van der Waals surface area contributed by atoms with E-state index >= 15 is 0 Å². The standard InChI is InChI=1S/C12H26O5.C2H4O2/c1-3-13-5-7-15-9-11-17-12-10-16-8-6-14-4-2;1-2(3)4/h3-12H2,1-2H3;1H3,(H,3,4). The van der Waals surface area contributed by atoms with E-state index in [1.807, 2.05) is 13.8 Å². The van der Waals surface area contributed by atoms with E-state index in [4.69, 9.17) is 33.6 Å². The van der Waals surface area contributed by atoms with Gasteiger partial charge in [0, 0.05) is 20.1 Å². The van der Waals surface area contributed by atoms with Crippen LogP contribution in [0, 0.1) is 0 Å².